The molecule has 17 heavy (non-hydrogen) atoms. The summed E-state index contributed by atoms with van der Waals surface area (Å²) in [4.78, 5) is 0. The van der Waals surface area contributed by atoms with Gasteiger partial charge in [0.2, 0.25) is 0 Å². The predicted octanol–water partition coefficient (Wildman–Crippen LogP) is 4.94. The first-order valence-electron chi connectivity index (χ1n) is 8.00. The average Bonchev–Trinajstić information content (AvgIpc) is 3.25. The Morgan fingerprint density at radius 2 is 1.18 bits per heavy atom. The lowest BCUT2D eigenvalue weighted by Gasteiger charge is -2.05. The first-order valence-corrected chi connectivity index (χ1v) is 8.00. The first kappa shape index (κ1) is 13.4. The Balaban J connectivity index is 0.000000105. The van der Waals surface area contributed by atoms with Crippen LogP contribution < -0.4 is 0 Å². The van der Waals surface area contributed by atoms with Gasteiger partial charge in [0, 0.05) is 0 Å². The van der Waals surface area contributed by atoms with Crippen LogP contribution >= 0.6 is 0 Å². The second-order valence-electron chi connectivity index (χ2n) is 6.24. The molecule has 1 nitrogen and oxygen atoms in total. The van der Waals surface area contributed by atoms with Gasteiger partial charge in [0.05, 0.1) is 12.2 Å². The molecule has 4 fully saturated rings. The van der Waals surface area contributed by atoms with Crippen molar-refractivity contribution in [3.8, 4) is 0 Å². The number of hydrogen-bond acceptors (Lipinski definition) is 1. The third-order valence-electron chi connectivity index (χ3n) is 4.38. The molecule has 0 bridgehead atoms. The Hall–Kier alpha value is -0.0400. The molecule has 0 aromatic carbocycles. The molecule has 1 saturated heterocycles. The summed E-state index contributed by atoms with van der Waals surface area (Å²) in [5.41, 5.74) is 0. The van der Waals surface area contributed by atoms with Crippen molar-refractivity contribution in [3.05, 3.63) is 0 Å². The Morgan fingerprint density at radius 3 is 1.53 bits per heavy atom. The zero-order valence-corrected chi connectivity index (χ0v) is 11.8. The molecule has 100 valence electrons. The molecule has 3 saturated carbocycles. The number of ether oxygens (including phenoxy) is 1. The quantitative estimate of drug-likeness (QED) is 0.544. The van der Waals surface area contributed by atoms with E-state index in [0.717, 1.165) is 0 Å². The molecule has 1 heterocycles. The fourth-order valence-electron chi connectivity index (χ4n) is 3.21. The van der Waals surface area contributed by atoms with Gasteiger partial charge in [0.25, 0.3) is 0 Å². The summed E-state index contributed by atoms with van der Waals surface area (Å²) in [5.74, 6) is 2.41. The SMILES string of the molecule is C1CCC2CC2C1.C1CCC2OC2C1.CCC. The van der Waals surface area contributed by atoms with E-state index in [0.29, 0.717) is 12.2 Å². The van der Waals surface area contributed by atoms with E-state index in [2.05, 4.69) is 13.8 Å². The van der Waals surface area contributed by atoms with Crippen LogP contribution in [0, 0.1) is 11.8 Å². The highest BCUT2D eigenvalue weighted by Crippen LogP contribution is 2.49. The summed E-state index contributed by atoms with van der Waals surface area (Å²) in [7, 11) is 0. The van der Waals surface area contributed by atoms with Crippen LogP contribution in [0.25, 0.3) is 0 Å². The molecule has 4 atom stereocenters. The molecule has 4 unspecified atom stereocenters. The van der Waals surface area contributed by atoms with E-state index in [1.807, 2.05) is 0 Å². The minimum Gasteiger partial charge on any atom is -0.370 e. The number of hydrogen-bond donors (Lipinski definition) is 0. The molecule has 0 aromatic heterocycles. The zero-order chi connectivity index (χ0) is 12.1. The normalized spacial score (nSPS) is 40.6. The summed E-state index contributed by atoms with van der Waals surface area (Å²) >= 11 is 0. The highest BCUT2D eigenvalue weighted by Gasteiger charge is 2.39. The minimum atomic E-state index is 0.703. The smallest absolute Gasteiger partial charge is 0.0841 e. The Bertz CT molecular complexity index is 172. The highest BCUT2D eigenvalue weighted by molar-refractivity contribution is 4.89. The summed E-state index contributed by atoms with van der Waals surface area (Å²) in [5, 5.41) is 0. The van der Waals surface area contributed by atoms with Gasteiger partial charge < -0.3 is 4.74 Å². The van der Waals surface area contributed by atoms with E-state index in [1.165, 1.54) is 56.8 Å². The third kappa shape index (κ3) is 4.62. The molecule has 0 radical (unpaired) electrons. The summed E-state index contributed by atoms with van der Waals surface area (Å²) in [6.45, 7) is 4.25. The van der Waals surface area contributed by atoms with Crippen molar-refractivity contribution in [1.29, 1.82) is 0 Å². The van der Waals surface area contributed by atoms with Crippen LogP contribution in [-0.2, 0) is 4.74 Å². The van der Waals surface area contributed by atoms with Crippen molar-refractivity contribution in [2.45, 2.75) is 90.3 Å². The second kappa shape index (κ2) is 6.78. The van der Waals surface area contributed by atoms with Crippen LogP contribution in [-0.4, -0.2) is 12.2 Å². The van der Waals surface area contributed by atoms with Crippen LogP contribution in [0.3, 0.4) is 0 Å². The van der Waals surface area contributed by atoms with E-state index in [1.54, 1.807) is 19.3 Å². The monoisotopic (exact) mass is 238 g/mol. The highest BCUT2D eigenvalue weighted by atomic mass is 16.6. The van der Waals surface area contributed by atoms with Crippen LogP contribution in [0.2, 0.25) is 0 Å². The fourth-order valence-corrected chi connectivity index (χ4v) is 3.21. The number of fused-ring (bicyclic) bond motifs is 2. The van der Waals surface area contributed by atoms with Gasteiger partial charge in [-0.15, -0.1) is 0 Å². The largest absolute Gasteiger partial charge is 0.370 e. The van der Waals surface area contributed by atoms with Gasteiger partial charge in [0.15, 0.2) is 0 Å². The predicted molar refractivity (Wildman–Crippen MR) is 73.2 cm³/mol. The van der Waals surface area contributed by atoms with E-state index < -0.39 is 0 Å². The number of rotatable bonds is 0. The summed E-state index contributed by atoms with van der Waals surface area (Å²) < 4.78 is 5.28. The Kier molecular flexibility index (Phi) is 5.34. The Morgan fingerprint density at radius 1 is 0.765 bits per heavy atom. The average molecular weight is 238 g/mol. The lowest BCUT2D eigenvalue weighted by Crippen LogP contribution is -2.00. The first-order chi connectivity index (χ1) is 8.35. The minimum absolute atomic E-state index is 0.703. The van der Waals surface area contributed by atoms with Crippen molar-refractivity contribution in [2.75, 3.05) is 0 Å². The third-order valence-corrected chi connectivity index (χ3v) is 4.38. The fraction of sp³-hybridized carbons (Fsp3) is 1.00. The molecular weight excluding hydrogens is 208 g/mol. The van der Waals surface area contributed by atoms with Crippen LogP contribution in [0.4, 0.5) is 0 Å². The van der Waals surface area contributed by atoms with Gasteiger partial charge in [-0.05, 0) is 31.1 Å². The Labute approximate surface area is 107 Å². The van der Waals surface area contributed by atoms with E-state index >= 15 is 0 Å². The molecule has 3 aliphatic carbocycles. The van der Waals surface area contributed by atoms with E-state index in [-0.39, 0.29) is 0 Å². The molecule has 0 N–H and O–H groups in total. The zero-order valence-electron chi connectivity index (χ0n) is 11.8. The molecule has 0 aromatic rings. The lowest BCUT2D eigenvalue weighted by atomic mass is 10.0. The van der Waals surface area contributed by atoms with Crippen molar-refractivity contribution in [1.82, 2.24) is 0 Å². The maximum Gasteiger partial charge on any atom is 0.0841 e. The molecular formula is C16H30O. The molecule has 1 aliphatic heterocycles. The molecule has 4 aliphatic rings. The van der Waals surface area contributed by atoms with E-state index in [9.17, 15) is 0 Å². The standard InChI is InChI=1S/C7H12.C6H10O.C3H8/c1-2-4-7-5-6(7)3-1;1-2-4-6-5(3-1)7-6;1-3-2/h6-7H,1-5H2;5-6H,1-4H2;3H2,1-2H3. The van der Waals surface area contributed by atoms with Crippen molar-refractivity contribution in [3.63, 3.8) is 0 Å². The molecule has 4 rings (SSSR count). The number of epoxide rings is 1. The van der Waals surface area contributed by atoms with Crippen molar-refractivity contribution >= 4 is 0 Å². The molecule has 0 amide bonds. The van der Waals surface area contributed by atoms with Gasteiger partial charge in [0.1, 0.15) is 0 Å². The van der Waals surface area contributed by atoms with Gasteiger partial charge in [-0.1, -0.05) is 58.8 Å². The van der Waals surface area contributed by atoms with Gasteiger partial charge in [-0.3, -0.25) is 0 Å². The molecule has 0 spiro atoms. The van der Waals surface area contributed by atoms with Crippen molar-refractivity contribution in [2.24, 2.45) is 11.8 Å². The van der Waals surface area contributed by atoms with E-state index in [4.69, 9.17) is 4.74 Å². The van der Waals surface area contributed by atoms with Crippen molar-refractivity contribution < 1.29 is 4.74 Å². The summed E-state index contributed by atoms with van der Waals surface area (Å²) in [6, 6.07) is 0. The maximum absolute atomic E-state index is 5.28. The van der Waals surface area contributed by atoms with Crippen LogP contribution in [0.15, 0.2) is 0 Å². The van der Waals surface area contributed by atoms with Gasteiger partial charge in [-0.25, -0.2) is 0 Å². The topological polar surface area (TPSA) is 12.5 Å². The van der Waals surface area contributed by atoms with Crippen LogP contribution in [0.5, 0.6) is 0 Å². The van der Waals surface area contributed by atoms with Crippen LogP contribution in [0.1, 0.15) is 78.1 Å². The molecule has 1 heteroatoms. The maximum atomic E-state index is 5.28. The summed E-state index contributed by atoms with van der Waals surface area (Å²) in [6.07, 6.45) is 15.9. The van der Waals surface area contributed by atoms with Gasteiger partial charge >= 0.3 is 0 Å². The second-order valence-corrected chi connectivity index (χ2v) is 6.24. The lowest BCUT2D eigenvalue weighted by molar-refractivity contribution is 0.373. The van der Waals surface area contributed by atoms with Gasteiger partial charge in [-0.2, -0.15) is 0 Å².